The van der Waals surface area contributed by atoms with E-state index in [4.69, 9.17) is 21.1 Å². The third-order valence-corrected chi connectivity index (χ3v) is 3.67. The lowest BCUT2D eigenvalue weighted by Gasteiger charge is -2.25. The number of amides is 1. The van der Waals surface area contributed by atoms with Gasteiger partial charge in [-0.05, 0) is 30.3 Å². The van der Waals surface area contributed by atoms with E-state index >= 15 is 0 Å². The van der Waals surface area contributed by atoms with Crippen molar-refractivity contribution in [3.8, 4) is 11.5 Å². The van der Waals surface area contributed by atoms with Crippen molar-refractivity contribution < 1.29 is 27.4 Å². The molecule has 0 spiro atoms. The lowest BCUT2D eigenvalue weighted by Crippen LogP contribution is -2.40. The van der Waals surface area contributed by atoms with Crippen molar-refractivity contribution in [2.75, 3.05) is 11.9 Å². The second-order valence-electron chi connectivity index (χ2n) is 5.05. The van der Waals surface area contributed by atoms with Crippen molar-refractivity contribution in [1.82, 2.24) is 0 Å². The summed E-state index contributed by atoms with van der Waals surface area (Å²) in [7, 11) is 0. The molecule has 0 radical (unpaired) electrons. The minimum absolute atomic E-state index is 0.0128. The van der Waals surface area contributed by atoms with Crippen LogP contribution in [0, 0.1) is 0 Å². The van der Waals surface area contributed by atoms with Gasteiger partial charge in [-0.15, -0.1) is 0 Å². The molecule has 2 aromatic rings. The molecule has 1 N–H and O–H groups in total. The van der Waals surface area contributed by atoms with Crippen LogP contribution in [-0.2, 0) is 11.0 Å². The molecule has 0 saturated heterocycles. The molecule has 2 aromatic carbocycles. The van der Waals surface area contributed by atoms with Crippen LogP contribution in [0.1, 0.15) is 5.56 Å². The Labute approximate surface area is 140 Å². The Bertz CT molecular complexity index is 779. The number of ether oxygens (including phenoxy) is 2. The molecule has 1 aliphatic rings. The molecule has 4 nitrogen and oxygen atoms in total. The first kappa shape index (κ1) is 16.4. The largest absolute Gasteiger partial charge is 0.485 e. The number of nitrogens with one attached hydrogen (secondary N) is 1. The first-order chi connectivity index (χ1) is 11.3. The predicted molar refractivity (Wildman–Crippen MR) is 81.4 cm³/mol. The molecule has 0 bridgehead atoms. The number of para-hydroxylation sites is 2. The monoisotopic (exact) mass is 357 g/mol. The lowest BCUT2D eigenvalue weighted by atomic mass is 10.2. The zero-order valence-corrected chi connectivity index (χ0v) is 12.8. The maximum atomic E-state index is 12.6. The van der Waals surface area contributed by atoms with Crippen molar-refractivity contribution in [2.24, 2.45) is 0 Å². The summed E-state index contributed by atoms with van der Waals surface area (Å²) in [6.45, 7) is -0.0128. The number of fused-ring (bicyclic) bond motifs is 1. The number of benzene rings is 2. The quantitative estimate of drug-likeness (QED) is 0.878. The number of hydrogen-bond acceptors (Lipinski definition) is 3. The minimum Gasteiger partial charge on any atom is -0.485 e. The van der Waals surface area contributed by atoms with Gasteiger partial charge in [0.05, 0.1) is 16.3 Å². The summed E-state index contributed by atoms with van der Waals surface area (Å²) in [6, 6.07) is 9.55. The Balaban J connectivity index is 1.72. The molecule has 1 heterocycles. The molecule has 0 saturated carbocycles. The van der Waals surface area contributed by atoms with Gasteiger partial charge < -0.3 is 14.8 Å². The van der Waals surface area contributed by atoms with Crippen LogP contribution in [-0.4, -0.2) is 18.6 Å². The van der Waals surface area contributed by atoms with E-state index < -0.39 is 23.8 Å². The average molecular weight is 358 g/mol. The highest BCUT2D eigenvalue weighted by Crippen LogP contribution is 2.34. The number of anilines is 1. The van der Waals surface area contributed by atoms with Gasteiger partial charge in [-0.3, -0.25) is 4.79 Å². The van der Waals surface area contributed by atoms with Gasteiger partial charge in [0.2, 0.25) is 6.10 Å². The van der Waals surface area contributed by atoms with Gasteiger partial charge in [-0.25, -0.2) is 0 Å². The molecule has 3 rings (SSSR count). The summed E-state index contributed by atoms with van der Waals surface area (Å²) < 4.78 is 48.8. The third-order valence-electron chi connectivity index (χ3n) is 3.36. The predicted octanol–water partition coefficient (Wildman–Crippen LogP) is 4.14. The number of rotatable bonds is 2. The summed E-state index contributed by atoms with van der Waals surface area (Å²) in [5, 5.41) is 2.23. The van der Waals surface area contributed by atoms with Gasteiger partial charge >= 0.3 is 6.18 Å². The van der Waals surface area contributed by atoms with Crippen LogP contribution < -0.4 is 14.8 Å². The van der Waals surface area contributed by atoms with E-state index in [1.807, 2.05) is 0 Å². The van der Waals surface area contributed by atoms with E-state index in [0.29, 0.717) is 11.5 Å². The molecule has 1 amide bonds. The van der Waals surface area contributed by atoms with E-state index in [0.717, 1.165) is 18.2 Å². The van der Waals surface area contributed by atoms with Crippen molar-refractivity contribution in [3.63, 3.8) is 0 Å². The second kappa shape index (κ2) is 6.24. The summed E-state index contributed by atoms with van der Waals surface area (Å²) in [4.78, 5) is 12.2. The molecule has 0 unspecified atom stereocenters. The number of carbonyl (C=O) groups excluding carboxylic acids is 1. The minimum atomic E-state index is -4.50. The van der Waals surface area contributed by atoms with Crippen molar-refractivity contribution in [1.29, 1.82) is 0 Å². The fraction of sp³-hybridized carbons (Fsp3) is 0.188. The molecule has 0 aliphatic carbocycles. The fourth-order valence-corrected chi connectivity index (χ4v) is 2.38. The highest BCUT2D eigenvalue weighted by molar-refractivity contribution is 6.33. The van der Waals surface area contributed by atoms with Gasteiger partial charge in [0.15, 0.2) is 11.5 Å². The van der Waals surface area contributed by atoms with Crippen LogP contribution >= 0.6 is 11.6 Å². The third kappa shape index (κ3) is 3.41. The first-order valence-corrected chi connectivity index (χ1v) is 7.28. The molecule has 1 aliphatic heterocycles. The molecule has 24 heavy (non-hydrogen) atoms. The van der Waals surface area contributed by atoms with Crippen LogP contribution in [0.2, 0.25) is 5.02 Å². The SMILES string of the molecule is O=C(Nc1ccc(C(F)(F)F)cc1Cl)[C@@H]1COc2ccccc2O1. The molecule has 8 heteroatoms. The number of carbonyl (C=O) groups is 1. The van der Waals surface area contributed by atoms with E-state index in [1.54, 1.807) is 24.3 Å². The summed E-state index contributed by atoms with van der Waals surface area (Å²) >= 11 is 5.81. The normalized spacial score (nSPS) is 16.6. The Morgan fingerprint density at radius 1 is 1.17 bits per heavy atom. The molecule has 0 fully saturated rings. The summed E-state index contributed by atoms with van der Waals surface area (Å²) in [6.07, 6.45) is -5.44. The maximum absolute atomic E-state index is 12.6. The summed E-state index contributed by atoms with van der Waals surface area (Å²) in [5.41, 5.74) is -0.825. The van der Waals surface area contributed by atoms with Gasteiger partial charge in [-0.2, -0.15) is 13.2 Å². The van der Waals surface area contributed by atoms with Crippen LogP contribution in [0.25, 0.3) is 0 Å². The molecular formula is C16H11ClF3NO3. The Morgan fingerprint density at radius 3 is 2.54 bits per heavy atom. The van der Waals surface area contributed by atoms with Crippen LogP contribution in [0.15, 0.2) is 42.5 Å². The van der Waals surface area contributed by atoms with E-state index in [1.165, 1.54) is 0 Å². The molecular weight excluding hydrogens is 347 g/mol. The average Bonchev–Trinajstić information content (AvgIpc) is 2.55. The van der Waals surface area contributed by atoms with Gasteiger partial charge in [-0.1, -0.05) is 23.7 Å². The van der Waals surface area contributed by atoms with Crippen molar-refractivity contribution in [3.05, 3.63) is 53.1 Å². The van der Waals surface area contributed by atoms with E-state index in [2.05, 4.69) is 5.32 Å². The number of halogens is 4. The Hall–Kier alpha value is -2.41. The molecule has 0 aromatic heterocycles. The van der Waals surface area contributed by atoms with E-state index in [-0.39, 0.29) is 17.3 Å². The Kier molecular flexibility index (Phi) is 4.28. The maximum Gasteiger partial charge on any atom is 0.416 e. The lowest BCUT2D eigenvalue weighted by molar-refractivity contribution is -0.137. The van der Waals surface area contributed by atoms with Crippen LogP contribution in [0.5, 0.6) is 11.5 Å². The van der Waals surface area contributed by atoms with E-state index in [9.17, 15) is 18.0 Å². The first-order valence-electron chi connectivity index (χ1n) is 6.90. The van der Waals surface area contributed by atoms with Crippen LogP contribution in [0.4, 0.5) is 18.9 Å². The van der Waals surface area contributed by atoms with Crippen molar-refractivity contribution in [2.45, 2.75) is 12.3 Å². The number of hydrogen-bond donors (Lipinski definition) is 1. The zero-order valence-electron chi connectivity index (χ0n) is 12.1. The fourth-order valence-electron chi connectivity index (χ4n) is 2.15. The van der Waals surface area contributed by atoms with Gasteiger partial charge in [0.25, 0.3) is 5.91 Å². The van der Waals surface area contributed by atoms with Gasteiger partial charge in [0, 0.05) is 0 Å². The van der Waals surface area contributed by atoms with Crippen LogP contribution in [0.3, 0.4) is 0 Å². The highest BCUT2D eigenvalue weighted by atomic mass is 35.5. The summed E-state index contributed by atoms with van der Waals surface area (Å²) in [5.74, 6) is 0.377. The van der Waals surface area contributed by atoms with Gasteiger partial charge in [0.1, 0.15) is 6.61 Å². The standard InChI is InChI=1S/C16H11ClF3NO3/c17-10-7-9(16(18,19)20)5-6-11(10)21-15(22)14-8-23-12-3-1-2-4-13(12)24-14/h1-7,14H,8H2,(H,21,22)/t14-/m0/s1. The highest BCUT2D eigenvalue weighted by Gasteiger charge is 2.32. The van der Waals surface area contributed by atoms with Crippen molar-refractivity contribution >= 4 is 23.2 Å². The zero-order chi connectivity index (χ0) is 17.3. The molecule has 126 valence electrons. The second-order valence-corrected chi connectivity index (χ2v) is 5.45. The smallest absolute Gasteiger partial charge is 0.416 e. The number of alkyl halides is 3. The Morgan fingerprint density at radius 2 is 1.88 bits per heavy atom. The molecule has 1 atom stereocenters. The topological polar surface area (TPSA) is 47.6 Å².